The summed E-state index contributed by atoms with van der Waals surface area (Å²) in [6.07, 6.45) is 1.22. The van der Waals surface area contributed by atoms with Crippen LogP contribution in [0.1, 0.15) is 23.2 Å². The Hall–Kier alpha value is -3.59. The van der Waals surface area contributed by atoms with Gasteiger partial charge in [0.25, 0.3) is 5.91 Å². The van der Waals surface area contributed by atoms with E-state index in [2.05, 4.69) is 20.7 Å². The Morgan fingerprint density at radius 1 is 1.10 bits per heavy atom. The van der Waals surface area contributed by atoms with Crippen molar-refractivity contribution in [2.45, 2.75) is 12.8 Å². The van der Waals surface area contributed by atoms with Gasteiger partial charge in [-0.15, -0.1) is 10.2 Å². The first-order chi connectivity index (χ1) is 15.2. The van der Waals surface area contributed by atoms with Crippen molar-refractivity contribution in [2.24, 2.45) is 5.92 Å². The van der Waals surface area contributed by atoms with Crippen LogP contribution in [0.5, 0.6) is 0 Å². The van der Waals surface area contributed by atoms with Crippen LogP contribution in [-0.2, 0) is 4.79 Å². The third-order valence-electron chi connectivity index (χ3n) is 5.50. The highest BCUT2D eigenvalue weighted by Gasteiger charge is 2.28. The number of carbonyl (C=O) groups excluding carboxylic acids is 2. The number of hydrogen-bond donors (Lipinski definition) is 1. The van der Waals surface area contributed by atoms with Crippen molar-refractivity contribution in [1.82, 2.24) is 20.3 Å². The molecule has 2 amide bonds. The van der Waals surface area contributed by atoms with Crippen LogP contribution in [0.2, 0.25) is 0 Å². The predicted molar refractivity (Wildman–Crippen MR) is 117 cm³/mol. The van der Waals surface area contributed by atoms with Gasteiger partial charge in [-0.05, 0) is 31.0 Å². The second-order valence-corrected chi connectivity index (χ2v) is 8.24. The molecule has 3 heterocycles. The van der Waals surface area contributed by atoms with Gasteiger partial charge in [-0.25, -0.2) is 0 Å². The number of amides is 2. The summed E-state index contributed by atoms with van der Waals surface area (Å²) < 4.78 is 5.54. The first-order valence-electron chi connectivity index (χ1n) is 10.0. The molecular formula is C22H19N5O3S. The van der Waals surface area contributed by atoms with Crippen LogP contribution in [-0.4, -0.2) is 45.2 Å². The van der Waals surface area contributed by atoms with Crippen molar-refractivity contribution in [1.29, 1.82) is 0 Å². The van der Waals surface area contributed by atoms with Gasteiger partial charge in [-0.3, -0.25) is 9.59 Å². The molecule has 0 spiro atoms. The summed E-state index contributed by atoms with van der Waals surface area (Å²) in [6.45, 7) is 1.06. The zero-order valence-electron chi connectivity index (χ0n) is 16.5. The van der Waals surface area contributed by atoms with Crippen LogP contribution in [0.15, 0.2) is 58.6 Å². The van der Waals surface area contributed by atoms with Gasteiger partial charge in [0.05, 0.1) is 5.39 Å². The maximum absolute atomic E-state index is 13.1. The van der Waals surface area contributed by atoms with E-state index in [1.54, 1.807) is 22.5 Å². The third kappa shape index (κ3) is 3.91. The number of anilines is 1. The minimum absolute atomic E-state index is 0.0508. The Kier molecular flexibility index (Phi) is 5.17. The van der Waals surface area contributed by atoms with Gasteiger partial charge >= 0.3 is 0 Å². The average molecular weight is 433 g/mol. The van der Waals surface area contributed by atoms with Gasteiger partial charge in [0.15, 0.2) is 5.76 Å². The number of nitrogens with one attached hydrogen (secondary N) is 1. The Labute approximate surface area is 181 Å². The molecular weight excluding hydrogens is 414 g/mol. The zero-order chi connectivity index (χ0) is 21.2. The van der Waals surface area contributed by atoms with E-state index >= 15 is 0 Å². The van der Waals surface area contributed by atoms with Gasteiger partial charge in [0.1, 0.15) is 11.0 Å². The lowest BCUT2D eigenvalue weighted by atomic mass is 9.95. The monoisotopic (exact) mass is 433 g/mol. The molecule has 0 atom stereocenters. The van der Waals surface area contributed by atoms with Crippen LogP contribution >= 0.6 is 11.3 Å². The summed E-state index contributed by atoms with van der Waals surface area (Å²) in [4.78, 5) is 27.3. The highest BCUT2D eigenvalue weighted by atomic mass is 32.1. The average Bonchev–Trinajstić information content (AvgIpc) is 3.48. The zero-order valence-corrected chi connectivity index (χ0v) is 17.3. The summed E-state index contributed by atoms with van der Waals surface area (Å²) >= 11 is 1.29. The predicted octanol–water partition coefficient (Wildman–Crippen LogP) is 3.84. The molecule has 4 aromatic rings. The van der Waals surface area contributed by atoms with E-state index in [9.17, 15) is 9.59 Å². The molecule has 156 valence electrons. The topological polar surface area (TPSA) is 101 Å². The number of carbonyl (C=O) groups is 2. The molecule has 1 fully saturated rings. The number of piperidine rings is 1. The van der Waals surface area contributed by atoms with E-state index in [1.165, 1.54) is 11.3 Å². The number of nitrogens with zero attached hydrogens (tertiary/aromatic N) is 4. The normalized spacial score (nSPS) is 14.6. The number of fused-ring (bicyclic) bond motifs is 1. The first-order valence-corrected chi connectivity index (χ1v) is 10.9. The molecule has 0 saturated carbocycles. The van der Waals surface area contributed by atoms with E-state index in [-0.39, 0.29) is 17.7 Å². The van der Waals surface area contributed by atoms with Crippen LogP contribution in [0.4, 0.5) is 5.13 Å². The van der Waals surface area contributed by atoms with Crippen molar-refractivity contribution in [3.05, 3.63) is 59.6 Å². The van der Waals surface area contributed by atoms with Gasteiger partial charge in [-0.2, -0.15) is 0 Å². The highest BCUT2D eigenvalue weighted by Crippen LogP contribution is 2.30. The highest BCUT2D eigenvalue weighted by molar-refractivity contribution is 7.13. The van der Waals surface area contributed by atoms with Gasteiger partial charge in [0.2, 0.25) is 11.0 Å². The largest absolute Gasteiger partial charge is 0.355 e. The molecule has 8 nitrogen and oxygen atoms in total. The second kappa shape index (κ2) is 8.27. The van der Waals surface area contributed by atoms with E-state index in [1.807, 2.05) is 36.4 Å². The van der Waals surface area contributed by atoms with Crippen molar-refractivity contribution in [3.63, 3.8) is 0 Å². The molecule has 0 bridgehead atoms. The molecule has 2 aromatic heterocycles. The summed E-state index contributed by atoms with van der Waals surface area (Å²) in [6, 6.07) is 15.1. The third-order valence-corrected chi connectivity index (χ3v) is 6.11. The summed E-state index contributed by atoms with van der Waals surface area (Å²) in [5, 5.41) is 15.8. The molecule has 9 heteroatoms. The first kappa shape index (κ1) is 19.4. The molecule has 31 heavy (non-hydrogen) atoms. The smallest absolute Gasteiger partial charge is 0.253 e. The molecule has 0 aliphatic carbocycles. The molecule has 1 aliphatic heterocycles. The van der Waals surface area contributed by atoms with E-state index in [0.717, 1.165) is 10.9 Å². The fraction of sp³-hybridized carbons (Fsp3) is 0.227. The van der Waals surface area contributed by atoms with Crippen molar-refractivity contribution >= 4 is 39.2 Å². The van der Waals surface area contributed by atoms with Gasteiger partial charge in [-0.1, -0.05) is 46.8 Å². The van der Waals surface area contributed by atoms with E-state index in [4.69, 9.17) is 4.52 Å². The quantitative estimate of drug-likeness (QED) is 0.525. The number of likely N-dealkylation sites (tertiary alicyclic amines) is 1. The van der Waals surface area contributed by atoms with Gasteiger partial charge < -0.3 is 14.7 Å². The minimum atomic E-state index is -0.141. The fourth-order valence-corrected chi connectivity index (χ4v) is 4.28. The van der Waals surface area contributed by atoms with Crippen molar-refractivity contribution < 1.29 is 14.1 Å². The number of benzene rings is 2. The molecule has 1 N–H and O–H groups in total. The Balaban J connectivity index is 1.29. The summed E-state index contributed by atoms with van der Waals surface area (Å²) in [7, 11) is 0. The lowest BCUT2D eigenvalue weighted by Gasteiger charge is -2.31. The minimum Gasteiger partial charge on any atom is -0.355 e. The number of aromatic nitrogens is 3. The molecule has 1 saturated heterocycles. The summed E-state index contributed by atoms with van der Waals surface area (Å²) in [5.41, 5.74) is 3.79. The van der Waals surface area contributed by atoms with E-state index in [0.29, 0.717) is 47.9 Å². The molecule has 2 aromatic carbocycles. The lowest BCUT2D eigenvalue weighted by Crippen LogP contribution is -2.41. The lowest BCUT2D eigenvalue weighted by molar-refractivity contribution is -0.121. The van der Waals surface area contributed by atoms with Gasteiger partial charge in [0, 0.05) is 30.1 Å². The Morgan fingerprint density at radius 3 is 2.65 bits per heavy atom. The van der Waals surface area contributed by atoms with Crippen molar-refractivity contribution in [3.8, 4) is 11.3 Å². The number of rotatable bonds is 4. The van der Waals surface area contributed by atoms with Crippen LogP contribution in [0.3, 0.4) is 0 Å². The maximum Gasteiger partial charge on any atom is 0.253 e. The maximum atomic E-state index is 13.1. The van der Waals surface area contributed by atoms with Crippen LogP contribution < -0.4 is 5.32 Å². The fourth-order valence-electron chi connectivity index (χ4n) is 3.83. The molecule has 1 aliphatic rings. The molecule has 5 rings (SSSR count). The Morgan fingerprint density at radius 2 is 1.90 bits per heavy atom. The van der Waals surface area contributed by atoms with E-state index < -0.39 is 0 Å². The van der Waals surface area contributed by atoms with Crippen LogP contribution in [0.25, 0.3) is 22.2 Å². The summed E-state index contributed by atoms with van der Waals surface area (Å²) in [5.74, 6) is 0.392. The van der Waals surface area contributed by atoms with Crippen LogP contribution in [0, 0.1) is 5.92 Å². The number of hydrogen-bond acceptors (Lipinski definition) is 7. The standard InChI is InChI=1S/C22H19N5O3S/c28-20(24-22-25-23-13-31-22)15-8-10-27(11-9-15)21(29)16-6-7-18-17(12-16)19(30-26-18)14-4-2-1-3-5-14/h1-7,12-13,15H,8-11H2,(H,24,25,28). The molecule has 0 unspecified atom stereocenters. The SMILES string of the molecule is O=C(Nc1nncs1)C1CCN(C(=O)c2ccc3noc(-c4ccccc4)c3c2)CC1. The molecule has 0 radical (unpaired) electrons. The van der Waals surface area contributed by atoms with Crippen molar-refractivity contribution in [2.75, 3.05) is 18.4 Å². The second-order valence-electron chi connectivity index (χ2n) is 7.41. The Bertz CT molecular complexity index is 1210.